The van der Waals surface area contributed by atoms with Gasteiger partial charge in [0.1, 0.15) is 0 Å². The fourth-order valence-corrected chi connectivity index (χ4v) is 1.01. The lowest BCUT2D eigenvalue weighted by Gasteiger charge is -1.95. The first-order chi connectivity index (χ1) is 7.09. The molecule has 1 saturated heterocycles. The van der Waals surface area contributed by atoms with Crippen LogP contribution in [0.3, 0.4) is 0 Å². The molecule has 0 unspecified atom stereocenters. The van der Waals surface area contributed by atoms with Crippen LogP contribution >= 0.6 is 0 Å². The van der Waals surface area contributed by atoms with Crippen molar-refractivity contribution in [3.05, 3.63) is 36.1 Å². The summed E-state index contributed by atoms with van der Waals surface area (Å²) in [5, 5.41) is 2.63. The highest BCUT2D eigenvalue weighted by Crippen LogP contribution is 2.18. The van der Waals surface area contributed by atoms with E-state index >= 15 is 0 Å². The predicted octanol–water partition coefficient (Wildman–Crippen LogP) is 3.57. The van der Waals surface area contributed by atoms with Crippen LogP contribution in [0.25, 0.3) is 0 Å². The third-order valence-electron chi connectivity index (χ3n) is 1.45. The number of rotatable bonds is 1. The van der Waals surface area contributed by atoms with E-state index in [0.29, 0.717) is 12.1 Å². The predicted molar refractivity (Wildman–Crippen MR) is 67.5 cm³/mol. The second kappa shape index (κ2) is 9.25. The molecule has 1 heterocycles. The molecule has 0 bridgehead atoms. The van der Waals surface area contributed by atoms with Crippen LogP contribution in [0.1, 0.15) is 41.0 Å². The van der Waals surface area contributed by atoms with Crippen molar-refractivity contribution in [1.82, 2.24) is 5.32 Å². The van der Waals surface area contributed by atoms with Gasteiger partial charge in [-0.25, -0.2) is 0 Å². The Morgan fingerprint density at radius 3 is 2.07 bits per heavy atom. The maximum absolute atomic E-state index is 10.8. The molecule has 86 valence electrons. The molecule has 1 rings (SSSR count). The quantitative estimate of drug-likeness (QED) is 0.702. The molecular formula is C13H23NO. The molecular weight excluding hydrogens is 186 g/mol. The summed E-state index contributed by atoms with van der Waals surface area (Å²) in [5.41, 5.74) is 2.60. The summed E-state index contributed by atoms with van der Waals surface area (Å²) in [5.74, 6) is 0.0162. The standard InChI is InChI=1S/C9H11NO.2C2H6/c1-6(2)4-8-5-9(11)10-7(8)3;2*1-2/h4H,1,3,5H2,2H3,(H,10,11);2*1-2H3/b8-4-;;. The molecule has 2 nitrogen and oxygen atoms in total. The molecule has 0 aromatic heterocycles. The van der Waals surface area contributed by atoms with Gasteiger partial charge in [0.15, 0.2) is 0 Å². The molecule has 0 aromatic rings. The first-order valence-corrected chi connectivity index (χ1v) is 5.45. The largest absolute Gasteiger partial charge is 0.326 e. The lowest BCUT2D eigenvalue weighted by atomic mass is 10.1. The van der Waals surface area contributed by atoms with Crippen molar-refractivity contribution in [1.29, 1.82) is 0 Å². The minimum Gasteiger partial charge on any atom is -0.326 e. The molecule has 1 N–H and O–H groups in total. The molecule has 1 aliphatic rings. The van der Waals surface area contributed by atoms with Gasteiger partial charge in [-0.1, -0.05) is 52.5 Å². The van der Waals surface area contributed by atoms with E-state index in [1.54, 1.807) is 0 Å². The van der Waals surface area contributed by atoms with E-state index < -0.39 is 0 Å². The highest BCUT2D eigenvalue weighted by atomic mass is 16.1. The summed E-state index contributed by atoms with van der Waals surface area (Å²) in [6.45, 7) is 17.3. The van der Waals surface area contributed by atoms with Gasteiger partial charge in [-0.2, -0.15) is 0 Å². The minimum absolute atomic E-state index is 0.0162. The van der Waals surface area contributed by atoms with Gasteiger partial charge in [0.25, 0.3) is 0 Å². The highest BCUT2D eigenvalue weighted by Gasteiger charge is 2.17. The minimum atomic E-state index is 0.0162. The Kier molecular flexibility index (Phi) is 9.95. The van der Waals surface area contributed by atoms with E-state index in [2.05, 4.69) is 18.5 Å². The Hall–Kier alpha value is -1.31. The fourth-order valence-electron chi connectivity index (χ4n) is 1.01. The normalized spacial score (nSPS) is 15.9. The third kappa shape index (κ3) is 6.72. The van der Waals surface area contributed by atoms with Gasteiger partial charge in [0.2, 0.25) is 5.91 Å². The Morgan fingerprint density at radius 1 is 1.33 bits per heavy atom. The van der Waals surface area contributed by atoms with Crippen LogP contribution < -0.4 is 5.32 Å². The van der Waals surface area contributed by atoms with Crippen LogP contribution in [0.2, 0.25) is 0 Å². The number of hydrogen-bond acceptors (Lipinski definition) is 1. The zero-order valence-electron chi connectivity index (χ0n) is 10.6. The Bertz CT molecular complexity index is 262. The van der Waals surface area contributed by atoms with Gasteiger partial charge in [-0.3, -0.25) is 4.79 Å². The van der Waals surface area contributed by atoms with E-state index in [1.807, 2.05) is 40.7 Å². The molecule has 0 spiro atoms. The second-order valence-corrected chi connectivity index (χ2v) is 2.72. The average Bonchev–Trinajstić information content (AvgIpc) is 2.51. The van der Waals surface area contributed by atoms with Gasteiger partial charge in [0.05, 0.1) is 6.42 Å². The maximum Gasteiger partial charge on any atom is 0.228 e. The van der Waals surface area contributed by atoms with E-state index in [1.165, 1.54) is 0 Å². The van der Waals surface area contributed by atoms with Crippen LogP contribution in [-0.4, -0.2) is 5.91 Å². The summed E-state index contributed by atoms with van der Waals surface area (Å²) in [4.78, 5) is 10.8. The van der Waals surface area contributed by atoms with Gasteiger partial charge in [-0.15, -0.1) is 0 Å². The number of hydrogen-bond donors (Lipinski definition) is 1. The first kappa shape index (κ1) is 16.1. The van der Waals surface area contributed by atoms with Gasteiger partial charge in [-0.05, 0) is 12.5 Å². The molecule has 0 aromatic carbocycles. The zero-order chi connectivity index (χ0) is 12.4. The number of carbonyl (C=O) groups excluding carboxylic acids is 1. The second-order valence-electron chi connectivity index (χ2n) is 2.72. The number of carbonyl (C=O) groups is 1. The highest BCUT2D eigenvalue weighted by molar-refractivity contribution is 5.86. The molecule has 0 radical (unpaired) electrons. The van der Waals surface area contributed by atoms with Crippen molar-refractivity contribution in [2.45, 2.75) is 41.0 Å². The molecule has 0 saturated carbocycles. The number of amides is 1. The molecule has 15 heavy (non-hydrogen) atoms. The van der Waals surface area contributed by atoms with Crippen molar-refractivity contribution < 1.29 is 4.79 Å². The molecule has 2 heteroatoms. The molecule has 1 amide bonds. The van der Waals surface area contributed by atoms with Crippen LogP contribution in [0.4, 0.5) is 0 Å². The summed E-state index contributed by atoms with van der Waals surface area (Å²) in [6.07, 6.45) is 2.31. The smallest absolute Gasteiger partial charge is 0.228 e. The Labute approximate surface area is 93.8 Å². The number of allylic oxidation sites excluding steroid dienone is 3. The first-order valence-electron chi connectivity index (χ1n) is 5.45. The lowest BCUT2D eigenvalue weighted by molar-refractivity contribution is -0.118. The summed E-state index contributed by atoms with van der Waals surface area (Å²) < 4.78 is 0. The Morgan fingerprint density at radius 2 is 1.80 bits per heavy atom. The SMILES string of the molecule is C=C(C)/C=C1/CC(=O)NC1=C.CC.CC. The van der Waals surface area contributed by atoms with Crippen LogP contribution in [0, 0.1) is 0 Å². The van der Waals surface area contributed by atoms with Crippen LogP contribution in [0.5, 0.6) is 0 Å². The van der Waals surface area contributed by atoms with E-state index in [4.69, 9.17) is 0 Å². The fraction of sp³-hybridized carbons (Fsp3) is 0.462. The van der Waals surface area contributed by atoms with Crippen molar-refractivity contribution in [3.8, 4) is 0 Å². The molecule has 1 fully saturated rings. The monoisotopic (exact) mass is 209 g/mol. The van der Waals surface area contributed by atoms with Crippen LogP contribution in [0.15, 0.2) is 36.1 Å². The lowest BCUT2D eigenvalue weighted by Crippen LogP contribution is -2.10. The van der Waals surface area contributed by atoms with Gasteiger partial charge < -0.3 is 5.32 Å². The van der Waals surface area contributed by atoms with E-state index in [0.717, 1.165) is 11.1 Å². The Balaban J connectivity index is 0. The molecule has 0 atom stereocenters. The third-order valence-corrected chi connectivity index (χ3v) is 1.45. The number of nitrogens with one attached hydrogen (secondary N) is 1. The zero-order valence-corrected chi connectivity index (χ0v) is 10.6. The van der Waals surface area contributed by atoms with Crippen molar-refractivity contribution in [2.75, 3.05) is 0 Å². The van der Waals surface area contributed by atoms with E-state index in [-0.39, 0.29) is 5.91 Å². The van der Waals surface area contributed by atoms with Crippen molar-refractivity contribution >= 4 is 5.91 Å². The average molecular weight is 209 g/mol. The van der Waals surface area contributed by atoms with Crippen molar-refractivity contribution in [2.24, 2.45) is 0 Å². The summed E-state index contributed by atoms with van der Waals surface area (Å²) in [6, 6.07) is 0. The van der Waals surface area contributed by atoms with Gasteiger partial charge in [0, 0.05) is 5.70 Å². The maximum atomic E-state index is 10.8. The van der Waals surface area contributed by atoms with Gasteiger partial charge >= 0.3 is 0 Å². The molecule has 0 aliphatic carbocycles. The summed E-state index contributed by atoms with van der Waals surface area (Å²) >= 11 is 0. The van der Waals surface area contributed by atoms with Crippen molar-refractivity contribution in [3.63, 3.8) is 0 Å². The van der Waals surface area contributed by atoms with Crippen LogP contribution in [-0.2, 0) is 4.79 Å². The topological polar surface area (TPSA) is 29.1 Å². The molecule has 1 aliphatic heterocycles. The summed E-state index contributed by atoms with van der Waals surface area (Å²) in [7, 11) is 0. The van der Waals surface area contributed by atoms with E-state index in [9.17, 15) is 4.79 Å².